The SMILES string of the molecule is COCCCNC(=S)N1CCC(OC)C1. The van der Waals surface area contributed by atoms with Crippen LogP contribution in [0.4, 0.5) is 0 Å². The van der Waals surface area contributed by atoms with Crippen molar-refractivity contribution in [1.82, 2.24) is 10.2 Å². The number of nitrogens with zero attached hydrogens (tertiary/aromatic N) is 1. The van der Waals surface area contributed by atoms with E-state index in [1.807, 2.05) is 0 Å². The van der Waals surface area contributed by atoms with Crippen molar-refractivity contribution in [2.45, 2.75) is 18.9 Å². The smallest absolute Gasteiger partial charge is 0.169 e. The number of methoxy groups -OCH3 is 2. The molecule has 1 aliphatic rings. The molecule has 88 valence electrons. The standard InChI is InChI=1S/C10H20N2O2S/c1-13-7-3-5-11-10(15)12-6-4-9(8-12)14-2/h9H,3-8H2,1-2H3,(H,11,15). The average molecular weight is 232 g/mol. The van der Waals surface area contributed by atoms with Gasteiger partial charge < -0.3 is 19.7 Å². The van der Waals surface area contributed by atoms with Gasteiger partial charge in [0.1, 0.15) is 0 Å². The van der Waals surface area contributed by atoms with Gasteiger partial charge in [0.05, 0.1) is 6.10 Å². The van der Waals surface area contributed by atoms with Gasteiger partial charge in [0.2, 0.25) is 0 Å². The van der Waals surface area contributed by atoms with E-state index in [2.05, 4.69) is 10.2 Å². The molecule has 1 heterocycles. The lowest BCUT2D eigenvalue weighted by Crippen LogP contribution is -2.39. The summed E-state index contributed by atoms with van der Waals surface area (Å²) in [5, 5.41) is 4.06. The van der Waals surface area contributed by atoms with E-state index in [4.69, 9.17) is 21.7 Å². The van der Waals surface area contributed by atoms with Crippen LogP contribution in [0.2, 0.25) is 0 Å². The molecule has 5 heteroatoms. The Hall–Kier alpha value is -0.390. The molecule has 15 heavy (non-hydrogen) atoms. The van der Waals surface area contributed by atoms with Crippen LogP contribution in [0.15, 0.2) is 0 Å². The van der Waals surface area contributed by atoms with Crippen molar-refractivity contribution >= 4 is 17.3 Å². The van der Waals surface area contributed by atoms with Crippen molar-refractivity contribution < 1.29 is 9.47 Å². The number of nitrogens with one attached hydrogen (secondary N) is 1. The second kappa shape index (κ2) is 6.98. The quantitative estimate of drug-likeness (QED) is 0.555. The highest BCUT2D eigenvalue weighted by Gasteiger charge is 2.23. The summed E-state index contributed by atoms with van der Waals surface area (Å²) in [6.07, 6.45) is 2.39. The molecule has 1 atom stereocenters. The van der Waals surface area contributed by atoms with E-state index in [0.717, 1.165) is 44.2 Å². The molecule has 1 saturated heterocycles. The maximum absolute atomic E-state index is 5.29. The molecule has 1 unspecified atom stereocenters. The second-order valence-electron chi connectivity index (χ2n) is 3.67. The van der Waals surface area contributed by atoms with Gasteiger partial charge in [-0.3, -0.25) is 0 Å². The third kappa shape index (κ3) is 4.32. The minimum atomic E-state index is 0.337. The summed E-state index contributed by atoms with van der Waals surface area (Å²) < 4.78 is 10.3. The van der Waals surface area contributed by atoms with Crippen molar-refractivity contribution in [3.05, 3.63) is 0 Å². The maximum Gasteiger partial charge on any atom is 0.169 e. The monoisotopic (exact) mass is 232 g/mol. The van der Waals surface area contributed by atoms with E-state index in [0.29, 0.717) is 6.10 Å². The summed E-state index contributed by atoms with van der Waals surface area (Å²) in [6, 6.07) is 0. The van der Waals surface area contributed by atoms with Gasteiger partial charge in [-0.05, 0) is 25.1 Å². The number of ether oxygens (including phenoxy) is 2. The fourth-order valence-corrected chi connectivity index (χ4v) is 1.90. The number of likely N-dealkylation sites (tertiary alicyclic amines) is 1. The zero-order valence-electron chi connectivity index (χ0n) is 9.49. The van der Waals surface area contributed by atoms with Crippen LogP contribution in [0, 0.1) is 0 Å². The Morgan fingerprint density at radius 2 is 2.33 bits per heavy atom. The Balaban J connectivity index is 2.12. The topological polar surface area (TPSA) is 33.7 Å². The Bertz CT molecular complexity index is 202. The fourth-order valence-electron chi connectivity index (χ4n) is 1.63. The molecule has 1 N–H and O–H groups in total. The Morgan fingerprint density at radius 1 is 1.53 bits per heavy atom. The van der Waals surface area contributed by atoms with Crippen molar-refractivity contribution in [3.8, 4) is 0 Å². The number of rotatable bonds is 5. The minimum absolute atomic E-state index is 0.337. The van der Waals surface area contributed by atoms with Crippen molar-refractivity contribution in [2.24, 2.45) is 0 Å². The van der Waals surface area contributed by atoms with Gasteiger partial charge in [0, 0.05) is 40.5 Å². The average Bonchev–Trinajstić information content (AvgIpc) is 2.72. The maximum atomic E-state index is 5.29. The molecule has 0 radical (unpaired) electrons. The van der Waals surface area contributed by atoms with E-state index in [9.17, 15) is 0 Å². The van der Waals surface area contributed by atoms with Gasteiger partial charge in [0.25, 0.3) is 0 Å². The molecule has 0 amide bonds. The molecule has 1 rings (SSSR count). The largest absolute Gasteiger partial charge is 0.385 e. The van der Waals surface area contributed by atoms with Crippen molar-refractivity contribution in [3.63, 3.8) is 0 Å². The first kappa shape index (κ1) is 12.7. The van der Waals surface area contributed by atoms with Crippen LogP contribution >= 0.6 is 12.2 Å². The van der Waals surface area contributed by atoms with E-state index in [1.165, 1.54) is 0 Å². The summed E-state index contributed by atoms with van der Waals surface area (Å²) in [6.45, 7) is 3.55. The lowest BCUT2D eigenvalue weighted by molar-refractivity contribution is 0.114. The van der Waals surface area contributed by atoms with Gasteiger partial charge in [-0.1, -0.05) is 0 Å². The lowest BCUT2D eigenvalue weighted by atomic mass is 10.3. The highest BCUT2D eigenvalue weighted by atomic mass is 32.1. The molecule has 1 fully saturated rings. The van der Waals surface area contributed by atoms with Gasteiger partial charge in [0.15, 0.2) is 5.11 Å². The predicted octanol–water partition coefficient (Wildman–Crippen LogP) is 0.618. The normalized spacial score (nSPS) is 20.7. The van der Waals surface area contributed by atoms with Crippen molar-refractivity contribution in [2.75, 3.05) is 40.5 Å². The first-order chi connectivity index (χ1) is 7.27. The molecule has 0 spiro atoms. The van der Waals surface area contributed by atoms with Crippen LogP contribution in [-0.2, 0) is 9.47 Å². The summed E-state index contributed by atoms with van der Waals surface area (Å²) >= 11 is 5.28. The molecule has 0 bridgehead atoms. The number of hydrogen-bond acceptors (Lipinski definition) is 3. The van der Waals surface area contributed by atoms with E-state index in [-0.39, 0.29) is 0 Å². The van der Waals surface area contributed by atoms with E-state index in [1.54, 1.807) is 14.2 Å². The van der Waals surface area contributed by atoms with E-state index >= 15 is 0 Å². The molecule has 0 aromatic heterocycles. The molecule has 4 nitrogen and oxygen atoms in total. The minimum Gasteiger partial charge on any atom is -0.385 e. The molecule has 0 saturated carbocycles. The first-order valence-corrected chi connectivity index (χ1v) is 5.73. The summed E-state index contributed by atoms with van der Waals surface area (Å²) in [4.78, 5) is 2.16. The second-order valence-corrected chi connectivity index (χ2v) is 4.06. The molecule has 0 aromatic rings. The molecular formula is C10H20N2O2S. The third-order valence-corrected chi connectivity index (χ3v) is 2.97. The Morgan fingerprint density at radius 3 is 2.93 bits per heavy atom. The zero-order valence-corrected chi connectivity index (χ0v) is 10.3. The van der Waals surface area contributed by atoms with Crippen LogP contribution in [0.1, 0.15) is 12.8 Å². The number of thiocarbonyl (C=S) groups is 1. The third-order valence-electron chi connectivity index (χ3n) is 2.57. The Kier molecular flexibility index (Phi) is 5.90. The summed E-state index contributed by atoms with van der Waals surface area (Å²) in [5.74, 6) is 0. The van der Waals surface area contributed by atoms with Crippen LogP contribution in [0.3, 0.4) is 0 Å². The van der Waals surface area contributed by atoms with Gasteiger partial charge in [-0.15, -0.1) is 0 Å². The lowest BCUT2D eigenvalue weighted by Gasteiger charge is -2.20. The molecule has 1 aliphatic heterocycles. The highest BCUT2D eigenvalue weighted by Crippen LogP contribution is 2.11. The number of hydrogen-bond donors (Lipinski definition) is 1. The highest BCUT2D eigenvalue weighted by molar-refractivity contribution is 7.80. The van der Waals surface area contributed by atoms with Crippen LogP contribution < -0.4 is 5.32 Å². The zero-order chi connectivity index (χ0) is 11.1. The van der Waals surface area contributed by atoms with Crippen LogP contribution in [0.5, 0.6) is 0 Å². The van der Waals surface area contributed by atoms with Gasteiger partial charge in [-0.2, -0.15) is 0 Å². The Labute approximate surface area is 96.9 Å². The molecule has 0 aromatic carbocycles. The van der Waals surface area contributed by atoms with Crippen LogP contribution in [0.25, 0.3) is 0 Å². The molecular weight excluding hydrogens is 212 g/mol. The summed E-state index contributed by atoms with van der Waals surface area (Å²) in [7, 11) is 3.46. The van der Waals surface area contributed by atoms with Gasteiger partial charge >= 0.3 is 0 Å². The van der Waals surface area contributed by atoms with Gasteiger partial charge in [-0.25, -0.2) is 0 Å². The van der Waals surface area contributed by atoms with Crippen molar-refractivity contribution in [1.29, 1.82) is 0 Å². The van der Waals surface area contributed by atoms with Crippen LogP contribution in [-0.4, -0.2) is 56.6 Å². The fraction of sp³-hybridized carbons (Fsp3) is 0.900. The first-order valence-electron chi connectivity index (χ1n) is 5.32. The predicted molar refractivity (Wildman–Crippen MR) is 64.1 cm³/mol. The summed E-state index contributed by atoms with van der Waals surface area (Å²) in [5.41, 5.74) is 0. The molecule has 0 aliphatic carbocycles. The van der Waals surface area contributed by atoms with E-state index < -0.39 is 0 Å².